The zero-order chi connectivity index (χ0) is 30.8. The number of fused-ring (bicyclic) bond motifs is 6. The van der Waals surface area contributed by atoms with Gasteiger partial charge < -0.3 is 4.57 Å². The minimum absolute atomic E-state index is 0.456. The van der Waals surface area contributed by atoms with Crippen LogP contribution >= 0.6 is 0 Å². The molecule has 0 spiro atoms. The SMILES string of the molecule is CC(C)c1ccc2c3ccncc3n(-c3ccc4cc(-c5c6ccccc6c(-c6ccccc6)c6ccccc56)ccc4c3)c2c1. The van der Waals surface area contributed by atoms with Gasteiger partial charge in [-0.25, -0.2) is 0 Å². The molecule has 0 fully saturated rings. The lowest BCUT2D eigenvalue weighted by molar-refractivity contribution is 0.868. The molecule has 46 heavy (non-hydrogen) atoms. The van der Waals surface area contributed by atoms with Crippen LogP contribution in [0.25, 0.3) is 82.1 Å². The first-order chi connectivity index (χ1) is 22.7. The van der Waals surface area contributed by atoms with Gasteiger partial charge in [-0.05, 0) is 96.4 Å². The molecule has 0 amide bonds. The molecule has 2 heterocycles. The molecule has 0 N–H and O–H groups in total. The maximum atomic E-state index is 4.51. The lowest BCUT2D eigenvalue weighted by Gasteiger charge is -2.18. The second kappa shape index (κ2) is 10.4. The molecule has 218 valence electrons. The third-order valence-corrected chi connectivity index (χ3v) is 9.63. The normalized spacial score (nSPS) is 11.9. The Morgan fingerprint density at radius 1 is 0.478 bits per heavy atom. The molecular formula is C44H32N2. The molecule has 0 atom stereocenters. The Morgan fingerprint density at radius 2 is 1.09 bits per heavy atom. The van der Waals surface area contributed by atoms with Crippen LogP contribution in [0.2, 0.25) is 0 Å². The summed E-state index contributed by atoms with van der Waals surface area (Å²) in [5.74, 6) is 0.456. The van der Waals surface area contributed by atoms with Gasteiger partial charge in [0.1, 0.15) is 0 Å². The van der Waals surface area contributed by atoms with Gasteiger partial charge in [-0.15, -0.1) is 0 Å². The van der Waals surface area contributed by atoms with Crippen molar-refractivity contribution in [1.82, 2.24) is 9.55 Å². The van der Waals surface area contributed by atoms with E-state index in [0.717, 1.165) is 11.2 Å². The molecule has 9 aromatic rings. The van der Waals surface area contributed by atoms with Crippen molar-refractivity contribution in [1.29, 1.82) is 0 Å². The van der Waals surface area contributed by atoms with E-state index in [1.165, 1.54) is 76.4 Å². The van der Waals surface area contributed by atoms with Gasteiger partial charge in [0.05, 0.1) is 17.2 Å². The van der Waals surface area contributed by atoms with Gasteiger partial charge in [-0.1, -0.05) is 123 Å². The van der Waals surface area contributed by atoms with Crippen molar-refractivity contribution in [3.63, 3.8) is 0 Å². The zero-order valence-corrected chi connectivity index (χ0v) is 25.9. The Bertz CT molecular complexity index is 2550. The number of rotatable bonds is 4. The van der Waals surface area contributed by atoms with Crippen LogP contribution in [0.15, 0.2) is 152 Å². The third kappa shape index (κ3) is 4.07. The summed E-state index contributed by atoms with van der Waals surface area (Å²) in [5, 5.41) is 10.0. The number of nitrogens with zero attached hydrogens (tertiary/aromatic N) is 2. The first-order valence-corrected chi connectivity index (χ1v) is 16.1. The van der Waals surface area contributed by atoms with Crippen LogP contribution in [0.4, 0.5) is 0 Å². The van der Waals surface area contributed by atoms with Crippen LogP contribution in [0, 0.1) is 0 Å². The van der Waals surface area contributed by atoms with E-state index in [1.54, 1.807) is 0 Å². The van der Waals surface area contributed by atoms with E-state index in [0.29, 0.717) is 5.92 Å². The summed E-state index contributed by atoms with van der Waals surface area (Å²) in [4.78, 5) is 4.51. The summed E-state index contributed by atoms with van der Waals surface area (Å²) in [7, 11) is 0. The largest absolute Gasteiger partial charge is 0.308 e. The summed E-state index contributed by atoms with van der Waals surface area (Å²) >= 11 is 0. The van der Waals surface area contributed by atoms with Crippen LogP contribution in [0.1, 0.15) is 25.3 Å². The highest BCUT2D eigenvalue weighted by molar-refractivity contribution is 6.21. The molecule has 2 nitrogen and oxygen atoms in total. The highest BCUT2D eigenvalue weighted by Gasteiger charge is 2.18. The van der Waals surface area contributed by atoms with Gasteiger partial charge in [0.25, 0.3) is 0 Å². The molecule has 0 aliphatic heterocycles. The fourth-order valence-corrected chi connectivity index (χ4v) is 7.40. The number of benzene rings is 7. The molecular weight excluding hydrogens is 556 g/mol. The number of hydrogen-bond acceptors (Lipinski definition) is 1. The predicted molar refractivity (Wildman–Crippen MR) is 196 cm³/mol. The fourth-order valence-electron chi connectivity index (χ4n) is 7.40. The lowest BCUT2D eigenvalue weighted by Crippen LogP contribution is -1.96. The monoisotopic (exact) mass is 588 g/mol. The smallest absolute Gasteiger partial charge is 0.0724 e. The maximum absolute atomic E-state index is 4.51. The molecule has 0 saturated carbocycles. The lowest BCUT2D eigenvalue weighted by atomic mass is 9.85. The molecule has 2 heteroatoms. The van der Waals surface area contributed by atoms with Crippen molar-refractivity contribution in [3.8, 4) is 27.9 Å². The van der Waals surface area contributed by atoms with Crippen molar-refractivity contribution in [2.75, 3.05) is 0 Å². The van der Waals surface area contributed by atoms with E-state index >= 15 is 0 Å². The van der Waals surface area contributed by atoms with Crippen LogP contribution in [-0.4, -0.2) is 9.55 Å². The summed E-state index contributed by atoms with van der Waals surface area (Å²) in [6.45, 7) is 4.51. The van der Waals surface area contributed by atoms with Crippen LogP contribution in [-0.2, 0) is 0 Å². The van der Waals surface area contributed by atoms with Gasteiger partial charge >= 0.3 is 0 Å². The number of hydrogen-bond donors (Lipinski definition) is 0. The van der Waals surface area contributed by atoms with Crippen LogP contribution < -0.4 is 0 Å². The molecule has 0 unspecified atom stereocenters. The van der Waals surface area contributed by atoms with E-state index < -0.39 is 0 Å². The zero-order valence-electron chi connectivity index (χ0n) is 25.9. The Kier molecular flexibility index (Phi) is 6.04. The van der Waals surface area contributed by atoms with E-state index in [2.05, 4.69) is 163 Å². The molecule has 9 rings (SSSR count). The van der Waals surface area contributed by atoms with Crippen molar-refractivity contribution < 1.29 is 0 Å². The summed E-state index contributed by atoms with van der Waals surface area (Å²) < 4.78 is 2.38. The number of aromatic nitrogens is 2. The second-order valence-corrected chi connectivity index (χ2v) is 12.6. The average molecular weight is 589 g/mol. The van der Waals surface area contributed by atoms with Crippen LogP contribution in [0.5, 0.6) is 0 Å². The molecule has 0 radical (unpaired) electrons. The quantitative estimate of drug-likeness (QED) is 0.187. The number of pyridine rings is 1. The summed E-state index contributed by atoms with van der Waals surface area (Å²) in [6, 6.07) is 51.3. The highest BCUT2D eigenvalue weighted by atomic mass is 15.0. The fraction of sp³-hybridized carbons (Fsp3) is 0.0682. The predicted octanol–water partition coefficient (Wildman–Crippen LogP) is 12.1. The maximum Gasteiger partial charge on any atom is 0.0724 e. The molecule has 0 aliphatic carbocycles. The van der Waals surface area contributed by atoms with Gasteiger partial charge in [0.2, 0.25) is 0 Å². The van der Waals surface area contributed by atoms with Crippen molar-refractivity contribution >= 4 is 54.1 Å². The standard InChI is InChI=1S/C44H32N2/c1-28(2)30-19-21-35-36-22-23-45-27-42(36)46(41(35)26-30)34-20-18-31-24-33(17-16-32(31)25-34)44-39-14-8-6-12-37(39)43(29-10-4-3-5-11-29)38-13-7-9-15-40(38)44/h3-28H,1-2H3. The third-order valence-electron chi connectivity index (χ3n) is 9.63. The van der Waals surface area contributed by atoms with E-state index in [4.69, 9.17) is 0 Å². The highest BCUT2D eigenvalue weighted by Crippen LogP contribution is 2.44. The molecule has 0 aliphatic rings. The topological polar surface area (TPSA) is 17.8 Å². The Morgan fingerprint density at radius 3 is 1.78 bits per heavy atom. The van der Waals surface area contributed by atoms with Gasteiger partial charge in [-0.2, -0.15) is 0 Å². The molecule has 0 saturated heterocycles. The second-order valence-electron chi connectivity index (χ2n) is 12.6. The average Bonchev–Trinajstić information content (AvgIpc) is 3.44. The van der Waals surface area contributed by atoms with Gasteiger partial charge in [0, 0.05) is 22.7 Å². The summed E-state index contributed by atoms with van der Waals surface area (Å²) in [6.07, 6.45) is 3.89. The van der Waals surface area contributed by atoms with E-state index in [1.807, 2.05) is 12.4 Å². The van der Waals surface area contributed by atoms with Crippen molar-refractivity contribution in [2.45, 2.75) is 19.8 Å². The Labute approximate surface area is 268 Å². The van der Waals surface area contributed by atoms with E-state index in [9.17, 15) is 0 Å². The van der Waals surface area contributed by atoms with Crippen LogP contribution in [0.3, 0.4) is 0 Å². The minimum Gasteiger partial charge on any atom is -0.308 e. The van der Waals surface area contributed by atoms with Crippen molar-refractivity contribution in [2.24, 2.45) is 0 Å². The van der Waals surface area contributed by atoms with Crippen molar-refractivity contribution in [3.05, 3.63) is 157 Å². The first-order valence-electron chi connectivity index (χ1n) is 16.1. The molecule has 7 aromatic carbocycles. The Hall–Kier alpha value is -5.73. The van der Waals surface area contributed by atoms with Gasteiger partial charge in [-0.3, -0.25) is 4.98 Å². The van der Waals surface area contributed by atoms with Gasteiger partial charge in [0.15, 0.2) is 0 Å². The van der Waals surface area contributed by atoms with E-state index in [-0.39, 0.29) is 0 Å². The summed E-state index contributed by atoms with van der Waals surface area (Å²) in [5.41, 5.74) is 9.90. The molecule has 2 aromatic heterocycles. The minimum atomic E-state index is 0.456. The Balaban J connectivity index is 1.25. The first kappa shape index (κ1) is 26.7. The molecule has 0 bridgehead atoms.